The van der Waals surface area contributed by atoms with E-state index in [4.69, 9.17) is 0 Å². The molecule has 0 radical (unpaired) electrons. The predicted octanol–water partition coefficient (Wildman–Crippen LogP) is 1.48. The fourth-order valence-electron chi connectivity index (χ4n) is 3.43. The molecule has 0 saturated carbocycles. The third-order valence-electron chi connectivity index (χ3n) is 4.69. The van der Waals surface area contributed by atoms with Crippen molar-refractivity contribution in [1.82, 2.24) is 20.0 Å². The zero-order valence-electron chi connectivity index (χ0n) is 14.3. The van der Waals surface area contributed by atoms with Gasteiger partial charge in [0.05, 0.1) is 0 Å². The molecule has 1 amide bonds. The molecule has 2 rings (SSSR count). The number of carbonyl (C=O) groups is 1. The van der Waals surface area contributed by atoms with E-state index in [1.54, 1.807) is 6.92 Å². The minimum Gasteiger partial charge on any atom is -0.356 e. The van der Waals surface area contributed by atoms with Gasteiger partial charge in [-0.25, -0.2) is 0 Å². The van der Waals surface area contributed by atoms with E-state index in [9.17, 15) is 4.79 Å². The Morgan fingerprint density at radius 3 is 2.09 bits per heavy atom. The molecule has 0 atom stereocenters. The number of piperidine rings is 1. The molecule has 1 N–H and O–H groups in total. The summed E-state index contributed by atoms with van der Waals surface area (Å²) in [5.74, 6) is 0.970. The second kappa shape index (κ2) is 9.16. The molecule has 0 spiro atoms. The highest BCUT2D eigenvalue weighted by molar-refractivity contribution is 5.74. The van der Waals surface area contributed by atoms with Crippen molar-refractivity contribution in [3.8, 4) is 0 Å². The summed E-state index contributed by atoms with van der Waals surface area (Å²) in [5.41, 5.74) is 0. The highest BCUT2D eigenvalue weighted by Gasteiger charge is 2.19. The van der Waals surface area contributed by atoms with Crippen LogP contribution in [0.5, 0.6) is 0 Å². The molecule has 2 saturated heterocycles. The molecule has 0 bridgehead atoms. The first-order valence-corrected chi connectivity index (χ1v) is 8.82. The Bertz CT molecular complexity index is 369. The lowest BCUT2D eigenvalue weighted by atomic mass is 10.1. The molecule has 126 valence electrons. The lowest BCUT2D eigenvalue weighted by molar-refractivity contribution is -0.118. The van der Waals surface area contributed by atoms with E-state index >= 15 is 0 Å². The first kappa shape index (κ1) is 17.3. The molecular formula is C17H32N4O. The number of nitrogens with one attached hydrogen (secondary N) is 1. The number of piperazine rings is 1. The van der Waals surface area contributed by atoms with Crippen molar-refractivity contribution in [3.05, 3.63) is 11.9 Å². The summed E-state index contributed by atoms with van der Waals surface area (Å²) in [6, 6.07) is 0. The first-order valence-electron chi connectivity index (χ1n) is 8.82. The number of allylic oxidation sites excluding steroid dienone is 1. The van der Waals surface area contributed by atoms with Crippen LogP contribution in [0.4, 0.5) is 0 Å². The van der Waals surface area contributed by atoms with Crippen molar-refractivity contribution < 1.29 is 4.79 Å². The van der Waals surface area contributed by atoms with Crippen LogP contribution in [0.15, 0.2) is 11.9 Å². The maximum Gasteiger partial charge on any atom is 0.222 e. The molecule has 5 heteroatoms. The van der Waals surface area contributed by atoms with Gasteiger partial charge < -0.3 is 15.1 Å². The van der Waals surface area contributed by atoms with Crippen molar-refractivity contribution in [1.29, 1.82) is 0 Å². The minimum absolute atomic E-state index is 0.0112. The van der Waals surface area contributed by atoms with Gasteiger partial charge in [0, 0.05) is 33.1 Å². The molecule has 2 aliphatic rings. The SMILES string of the molecule is C/C=C(\NC(C)=O)N1CCN(CCCN2CCCCC2)CC1. The van der Waals surface area contributed by atoms with Crippen molar-refractivity contribution in [2.45, 2.75) is 39.5 Å². The summed E-state index contributed by atoms with van der Waals surface area (Å²) in [5, 5.41) is 2.92. The van der Waals surface area contributed by atoms with Crippen LogP contribution in [0.2, 0.25) is 0 Å². The summed E-state index contributed by atoms with van der Waals surface area (Å²) >= 11 is 0. The lowest BCUT2D eigenvalue weighted by Crippen LogP contribution is -2.49. The van der Waals surface area contributed by atoms with Crippen LogP contribution in [0.25, 0.3) is 0 Å². The van der Waals surface area contributed by atoms with Gasteiger partial charge in [0.15, 0.2) is 0 Å². The lowest BCUT2D eigenvalue weighted by Gasteiger charge is -2.37. The number of rotatable bonds is 6. The Balaban J connectivity index is 1.63. The fourth-order valence-corrected chi connectivity index (χ4v) is 3.43. The number of carbonyl (C=O) groups excluding carboxylic acids is 1. The maximum absolute atomic E-state index is 11.2. The van der Waals surface area contributed by atoms with Gasteiger partial charge in [-0.3, -0.25) is 9.69 Å². The second-order valence-electron chi connectivity index (χ2n) is 6.44. The molecule has 2 fully saturated rings. The molecule has 2 aliphatic heterocycles. The van der Waals surface area contributed by atoms with Crippen LogP contribution in [-0.4, -0.2) is 73.0 Å². The number of hydrogen-bond donors (Lipinski definition) is 1. The van der Waals surface area contributed by atoms with Crippen molar-refractivity contribution in [2.24, 2.45) is 0 Å². The minimum atomic E-state index is 0.0112. The zero-order chi connectivity index (χ0) is 15.8. The van der Waals surface area contributed by atoms with Gasteiger partial charge >= 0.3 is 0 Å². The number of hydrogen-bond acceptors (Lipinski definition) is 4. The number of nitrogens with zero attached hydrogens (tertiary/aromatic N) is 3. The van der Waals surface area contributed by atoms with Crippen LogP contribution in [0, 0.1) is 0 Å². The van der Waals surface area contributed by atoms with Crippen molar-refractivity contribution >= 4 is 5.91 Å². The van der Waals surface area contributed by atoms with Gasteiger partial charge in [-0.2, -0.15) is 0 Å². The van der Waals surface area contributed by atoms with E-state index < -0.39 is 0 Å². The summed E-state index contributed by atoms with van der Waals surface area (Å²) in [6.07, 6.45) is 7.46. The third kappa shape index (κ3) is 5.61. The Kier molecular flexibility index (Phi) is 7.19. The summed E-state index contributed by atoms with van der Waals surface area (Å²) < 4.78 is 0. The second-order valence-corrected chi connectivity index (χ2v) is 6.44. The Labute approximate surface area is 135 Å². The summed E-state index contributed by atoms with van der Waals surface area (Å²) in [4.78, 5) is 18.7. The topological polar surface area (TPSA) is 38.8 Å². The van der Waals surface area contributed by atoms with Crippen molar-refractivity contribution in [3.63, 3.8) is 0 Å². The highest BCUT2D eigenvalue weighted by Crippen LogP contribution is 2.11. The molecule has 0 aromatic rings. The van der Waals surface area contributed by atoms with Gasteiger partial charge in [-0.15, -0.1) is 0 Å². The Hall–Kier alpha value is -1.07. The molecular weight excluding hydrogens is 276 g/mol. The quantitative estimate of drug-likeness (QED) is 0.807. The molecule has 2 heterocycles. The average Bonchev–Trinajstić information content (AvgIpc) is 2.54. The third-order valence-corrected chi connectivity index (χ3v) is 4.69. The molecule has 5 nitrogen and oxygen atoms in total. The standard InChI is InChI=1S/C17H32N4O/c1-3-17(18-16(2)22)21-14-12-20(13-15-21)11-7-10-19-8-5-4-6-9-19/h3H,4-15H2,1-2H3,(H,18,22)/b17-3+. The number of likely N-dealkylation sites (tertiary alicyclic amines) is 1. The van der Waals surface area contributed by atoms with Crippen LogP contribution in [-0.2, 0) is 4.79 Å². The summed E-state index contributed by atoms with van der Waals surface area (Å²) in [7, 11) is 0. The highest BCUT2D eigenvalue weighted by atomic mass is 16.1. The Morgan fingerprint density at radius 2 is 1.55 bits per heavy atom. The normalized spacial score (nSPS) is 21.9. The Morgan fingerprint density at radius 1 is 0.955 bits per heavy atom. The average molecular weight is 308 g/mol. The fraction of sp³-hybridized carbons (Fsp3) is 0.824. The smallest absolute Gasteiger partial charge is 0.222 e. The van der Waals surface area contributed by atoms with Gasteiger partial charge in [0.2, 0.25) is 5.91 Å². The summed E-state index contributed by atoms with van der Waals surface area (Å²) in [6.45, 7) is 12.8. The van der Waals surface area contributed by atoms with E-state index in [0.29, 0.717) is 0 Å². The van der Waals surface area contributed by atoms with Crippen LogP contribution >= 0.6 is 0 Å². The molecule has 0 aromatic heterocycles. The van der Waals surface area contributed by atoms with Gasteiger partial charge in [-0.1, -0.05) is 6.42 Å². The monoisotopic (exact) mass is 308 g/mol. The van der Waals surface area contributed by atoms with Gasteiger partial charge in [0.1, 0.15) is 5.82 Å². The molecule has 0 aliphatic carbocycles. The number of amides is 1. The van der Waals surface area contributed by atoms with Crippen LogP contribution in [0.1, 0.15) is 39.5 Å². The maximum atomic E-state index is 11.2. The van der Waals surface area contributed by atoms with Crippen LogP contribution in [0.3, 0.4) is 0 Å². The van der Waals surface area contributed by atoms with E-state index in [2.05, 4.69) is 20.0 Å². The first-order chi connectivity index (χ1) is 10.7. The molecule has 0 aromatic carbocycles. The van der Waals surface area contributed by atoms with Crippen LogP contribution < -0.4 is 5.32 Å². The van der Waals surface area contributed by atoms with E-state index in [0.717, 1.165) is 32.0 Å². The van der Waals surface area contributed by atoms with E-state index in [1.807, 2.05) is 13.0 Å². The molecule has 0 unspecified atom stereocenters. The predicted molar refractivity (Wildman–Crippen MR) is 90.5 cm³/mol. The van der Waals surface area contributed by atoms with E-state index in [-0.39, 0.29) is 5.91 Å². The zero-order valence-corrected chi connectivity index (χ0v) is 14.3. The van der Waals surface area contributed by atoms with E-state index in [1.165, 1.54) is 51.9 Å². The molecule has 22 heavy (non-hydrogen) atoms. The van der Waals surface area contributed by atoms with Gasteiger partial charge in [-0.05, 0) is 58.4 Å². The largest absolute Gasteiger partial charge is 0.356 e. The van der Waals surface area contributed by atoms with Crippen molar-refractivity contribution in [2.75, 3.05) is 52.4 Å². The van der Waals surface area contributed by atoms with Gasteiger partial charge in [0.25, 0.3) is 0 Å².